The van der Waals surface area contributed by atoms with Crippen molar-refractivity contribution in [2.24, 2.45) is 62.1 Å². The van der Waals surface area contributed by atoms with Gasteiger partial charge in [-0.15, -0.1) is 0 Å². The highest BCUT2D eigenvalue weighted by molar-refractivity contribution is 5.85. The maximum atomic E-state index is 15.0. The Bertz CT molecular complexity index is 1200. The predicted octanol–water partition coefficient (Wildman–Crippen LogP) is 8.11. The molecule has 1 saturated heterocycles. The normalized spacial score (nSPS) is 45.5. The fourth-order valence-corrected chi connectivity index (χ4v) is 14.2. The molecule has 0 spiro atoms. The second-order valence-corrected chi connectivity index (χ2v) is 19.3. The number of ether oxygens (including phenoxy) is 3. The van der Waals surface area contributed by atoms with Crippen LogP contribution in [0.25, 0.3) is 0 Å². The highest BCUT2D eigenvalue weighted by Crippen LogP contribution is 2.79. The molecule has 6 aliphatic carbocycles. The average Bonchev–Trinajstić information content (AvgIpc) is 3.66. The molecule has 0 N–H and O–H groups in total. The van der Waals surface area contributed by atoms with Crippen molar-refractivity contribution in [3.8, 4) is 0 Å². The van der Waals surface area contributed by atoms with E-state index >= 15 is 4.79 Å². The number of methoxy groups -OCH3 is 1. The lowest BCUT2D eigenvalue weighted by Crippen LogP contribution is -2.67. The van der Waals surface area contributed by atoms with Crippen molar-refractivity contribution in [2.45, 2.75) is 138 Å². The monoisotopic (exact) mass is 654 g/mol. The van der Waals surface area contributed by atoms with Gasteiger partial charge in [-0.1, -0.05) is 41.5 Å². The molecule has 6 saturated carbocycles. The van der Waals surface area contributed by atoms with E-state index < -0.39 is 0 Å². The lowest BCUT2D eigenvalue weighted by molar-refractivity contribution is -0.236. The highest BCUT2D eigenvalue weighted by Gasteiger charge is 2.73. The Morgan fingerprint density at radius 1 is 0.723 bits per heavy atom. The van der Waals surface area contributed by atoms with E-state index in [1.165, 1.54) is 51.4 Å². The number of fused-ring (bicyclic) bond motifs is 7. The molecular formula is C41H67NO5. The smallest absolute Gasteiger partial charge is 0.229 e. The number of likely N-dealkylation sites (tertiary alicyclic amines) is 1. The Hall–Kier alpha value is -0.980. The van der Waals surface area contributed by atoms with E-state index in [4.69, 9.17) is 14.2 Å². The Morgan fingerprint density at radius 2 is 1.45 bits per heavy atom. The first-order valence-corrected chi connectivity index (χ1v) is 19.8. The van der Waals surface area contributed by atoms with Crippen LogP contribution in [0.5, 0.6) is 0 Å². The number of carbonyl (C=O) groups is 2. The summed E-state index contributed by atoms with van der Waals surface area (Å²) in [6.45, 7) is 19.2. The third-order valence-electron chi connectivity index (χ3n) is 17.3. The van der Waals surface area contributed by atoms with Crippen molar-refractivity contribution >= 4 is 11.7 Å². The topological polar surface area (TPSA) is 65.1 Å². The number of hydrogen-bond donors (Lipinski definition) is 0. The van der Waals surface area contributed by atoms with Gasteiger partial charge in [-0.3, -0.25) is 9.59 Å². The molecule has 9 atom stereocenters. The van der Waals surface area contributed by atoms with E-state index in [9.17, 15) is 4.79 Å². The SMILES string of the molecule is COCCOCCOC1CCN(C(=O)[C@]23CC[C@@H](C4(C)CC4)[C@@H]2[C@H]2CC[C@@H]4C5(C)CCC(=O)C(C)(C)[C@@H]5CCC4(C)[C@]2(C)CC3)CC1. The maximum Gasteiger partial charge on any atom is 0.229 e. The first-order chi connectivity index (χ1) is 22.3. The first kappa shape index (κ1) is 34.5. The van der Waals surface area contributed by atoms with Crippen molar-refractivity contribution < 1.29 is 23.8 Å². The quantitative estimate of drug-likeness (QED) is 0.235. The minimum Gasteiger partial charge on any atom is -0.382 e. The molecule has 1 aliphatic heterocycles. The lowest BCUT2D eigenvalue weighted by Gasteiger charge is -2.72. The molecule has 266 valence electrons. The minimum absolute atomic E-state index is 0.174. The van der Waals surface area contributed by atoms with Gasteiger partial charge >= 0.3 is 0 Å². The fraction of sp³-hybridized carbons (Fsp3) is 0.951. The third kappa shape index (κ3) is 5.16. The largest absolute Gasteiger partial charge is 0.382 e. The van der Waals surface area contributed by atoms with E-state index in [1.54, 1.807) is 7.11 Å². The van der Waals surface area contributed by atoms with E-state index in [0.717, 1.165) is 51.6 Å². The average molecular weight is 654 g/mol. The predicted molar refractivity (Wildman–Crippen MR) is 185 cm³/mol. The van der Waals surface area contributed by atoms with Crippen LogP contribution in [0.4, 0.5) is 0 Å². The van der Waals surface area contributed by atoms with Crippen LogP contribution in [-0.4, -0.2) is 69.3 Å². The summed E-state index contributed by atoms with van der Waals surface area (Å²) in [5.41, 5.74) is 0.826. The van der Waals surface area contributed by atoms with Gasteiger partial charge in [0.2, 0.25) is 5.91 Å². The van der Waals surface area contributed by atoms with E-state index in [-0.39, 0.29) is 33.2 Å². The Kier molecular flexibility index (Phi) is 8.85. The number of piperidine rings is 1. The molecule has 0 bridgehead atoms. The molecule has 1 amide bonds. The zero-order chi connectivity index (χ0) is 33.5. The van der Waals surface area contributed by atoms with Gasteiger partial charge in [0, 0.05) is 32.0 Å². The Morgan fingerprint density at radius 3 is 2.15 bits per heavy atom. The molecule has 7 rings (SSSR count). The molecule has 47 heavy (non-hydrogen) atoms. The molecule has 0 aromatic rings. The molecular weight excluding hydrogens is 586 g/mol. The van der Waals surface area contributed by atoms with Crippen molar-refractivity contribution in [2.75, 3.05) is 46.6 Å². The number of hydrogen-bond acceptors (Lipinski definition) is 5. The van der Waals surface area contributed by atoms with Crippen molar-refractivity contribution in [1.82, 2.24) is 4.90 Å². The van der Waals surface area contributed by atoms with Gasteiger partial charge in [0.25, 0.3) is 0 Å². The van der Waals surface area contributed by atoms with Crippen LogP contribution in [0.3, 0.4) is 0 Å². The van der Waals surface area contributed by atoms with Crippen LogP contribution in [0.2, 0.25) is 0 Å². The van der Waals surface area contributed by atoms with E-state index in [0.29, 0.717) is 73.1 Å². The van der Waals surface area contributed by atoms with Crippen LogP contribution in [0.1, 0.15) is 131 Å². The fourth-order valence-electron chi connectivity index (χ4n) is 14.2. The zero-order valence-corrected chi connectivity index (χ0v) is 31.1. The number of Topliss-reactive ketones (excluding diaryl/α,β-unsaturated/α-hetero) is 1. The van der Waals surface area contributed by atoms with E-state index in [2.05, 4.69) is 46.4 Å². The number of ketones is 1. The van der Waals surface area contributed by atoms with Gasteiger partial charge < -0.3 is 19.1 Å². The number of rotatable bonds is 9. The van der Waals surface area contributed by atoms with Crippen LogP contribution in [-0.2, 0) is 23.8 Å². The lowest BCUT2D eigenvalue weighted by atomic mass is 9.32. The van der Waals surface area contributed by atoms with Gasteiger partial charge in [0.15, 0.2) is 0 Å². The van der Waals surface area contributed by atoms with Gasteiger partial charge in [-0.2, -0.15) is 0 Å². The zero-order valence-electron chi connectivity index (χ0n) is 31.1. The maximum absolute atomic E-state index is 15.0. The van der Waals surface area contributed by atoms with Gasteiger partial charge in [0.05, 0.1) is 37.9 Å². The molecule has 0 aromatic carbocycles. The van der Waals surface area contributed by atoms with Crippen molar-refractivity contribution in [1.29, 1.82) is 0 Å². The highest BCUT2D eigenvalue weighted by atomic mass is 16.5. The standard InChI is InChI=1S/C41H67NO5/c1-36(2)31-11-16-40(6)32(38(31,4)15-12-33(36)43)9-8-30-34-29(37(3)18-19-37)10-17-41(34,21-20-39(30,40)5)35(44)42-22-13-28(14-23-42)47-27-26-46-25-24-45-7/h28-32,34H,8-27H2,1-7H3/t29-,30-,31+,32-,34-,38?,39-,40?,41+/m1/s1. The third-order valence-corrected chi connectivity index (χ3v) is 17.3. The summed E-state index contributed by atoms with van der Waals surface area (Å²) in [6, 6.07) is 0. The number of amides is 1. The first-order valence-electron chi connectivity index (χ1n) is 19.8. The molecule has 1 heterocycles. The molecule has 7 fully saturated rings. The Labute approximate surface area is 286 Å². The van der Waals surface area contributed by atoms with E-state index in [1.807, 2.05) is 0 Å². The Balaban J connectivity index is 1.11. The summed E-state index contributed by atoms with van der Waals surface area (Å²) in [5, 5.41) is 0. The summed E-state index contributed by atoms with van der Waals surface area (Å²) in [6.07, 6.45) is 16.3. The molecule has 0 radical (unpaired) electrons. The van der Waals surface area contributed by atoms with Crippen LogP contribution in [0, 0.1) is 62.1 Å². The second kappa shape index (κ2) is 12.1. The molecule has 6 heteroatoms. The molecule has 6 nitrogen and oxygen atoms in total. The number of nitrogens with zero attached hydrogens (tertiary/aromatic N) is 1. The summed E-state index contributed by atoms with van der Waals surface area (Å²) in [5.74, 6) is 4.01. The summed E-state index contributed by atoms with van der Waals surface area (Å²) >= 11 is 0. The van der Waals surface area contributed by atoms with Gasteiger partial charge in [-0.05, 0) is 135 Å². The summed E-state index contributed by atoms with van der Waals surface area (Å²) in [7, 11) is 1.69. The summed E-state index contributed by atoms with van der Waals surface area (Å²) in [4.78, 5) is 30.5. The van der Waals surface area contributed by atoms with Crippen LogP contribution < -0.4 is 0 Å². The van der Waals surface area contributed by atoms with Crippen LogP contribution in [0.15, 0.2) is 0 Å². The molecule has 7 aliphatic rings. The number of carbonyl (C=O) groups excluding carboxylic acids is 2. The molecule has 0 aromatic heterocycles. The van der Waals surface area contributed by atoms with Crippen molar-refractivity contribution in [3.05, 3.63) is 0 Å². The van der Waals surface area contributed by atoms with Crippen molar-refractivity contribution in [3.63, 3.8) is 0 Å². The summed E-state index contributed by atoms with van der Waals surface area (Å²) < 4.78 is 16.8. The van der Waals surface area contributed by atoms with Crippen LogP contribution >= 0.6 is 0 Å². The van der Waals surface area contributed by atoms with Gasteiger partial charge in [-0.25, -0.2) is 0 Å². The minimum atomic E-state index is -0.201. The van der Waals surface area contributed by atoms with Gasteiger partial charge in [0.1, 0.15) is 5.78 Å². The second-order valence-electron chi connectivity index (χ2n) is 19.3. The molecule has 2 unspecified atom stereocenters.